The van der Waals surface area contributed by atoms with Crippen LogP contribution >= 0.6 is 0 Å². The molecule has 0 aromatic rings. The van der Waals surface area contributed by atoms with Crippen molar-refractivity contribution in [1.82, 2.24) is 0 Å². The summed E-state index contributed by atoms with van der Waals surface area (Å²) in [4.78, 5) is 0. The van der Waals surface area contributed by atoms with Crippen molar-refractivity contribution in [3.05, 3.63) is 0 Å². The third-order valence-corrected chi connectivity index (χ3v) is 10.1. The van der Waals surface area contributed by atoms with E-state index in [0.29, 0.717) is 0 Å². The molecule has 0 aliphatic rings. The number of rotatable bonds is 6. The lowest BCUT2D eigenvalue weighted by atomic mass is 10.3. The van der Waals surface area contributed by atoms with Crippen molar-refractivity contribution in [1.29, 1.82) is 0 Å². The molecule has 0 saturated carbocycles. The van der Waals surface area contributed by atoms with Crippen molar-refractivity contribution in [2.75, 3.05) is 7.11 Å². The first-order chi connectivity index (χ1) is 6.69. The van der Waals surface area contributed by atoms with E-state index >= 15 is 0 Å². The lowest BCUT2D eigenvalue weighted by Gasteiger charge is -2.42. The van der Waals surface area contributed by atoms with E-state index < -0.39 is 17.1 Å². The van der Waals surface area contributed by atoms with Crippen LogP contribution in [0.3, 0.4) is 0 Å². The third kappa shape index (κ3) is 4.02. The molecule has 0 aromatic heterocycles. The fraction of sp³-hybridized carbons (Fsp3) is 1.00. The van der Waals surface area contributed by atoms with E-state index in [4.69, 9.17) is 9.16 Å². The highest BCUT2D eigenvalue weighted by Crippen LogP contribution is 2.26. The fourth-order valence-electron chi connectivity index (χ4n) is 1.57. The quantitative estimate of drug-likeness (QED) is 0.673. The summed E-state index contributed by atoms with van der Waals surface area (Å²) in [5.41, 5.74) is 0.260. The lowest BCUT2D eigenvalue weighted by Crippen LogP contribution is -2.55. The monoisotopic (exact) mass is 248 g/mol. The first kappa shape index (κ1) is 15.4. The van der Waals surface area contributed by atoms with Crippen LogP contribution in [0.2, 0.25) is 26.2 Å². The van der Waals surface area contributed by atoms with Gasteiger partial charge in [-0.25, -0.2) is 0 Å². The second kappa shape index (κ2) is 5.61. The maximum atomic E-state index is 6.46. The van der Waals surface area contributed by atoms with E-state index in [9.17, 15) is 0 Å². The molecule has 0 rings (SSSR count). The van der Waals surface area contributed by atoms with Gasteiger partial charge in [0.05, 0.1) is 14.5 Å². The molecule has 0 aliphatic heterocycles. The van der Waals surface area contributed by atoms with Gasteiger partial charge in [-0.05, 0) is 33.4 Å². The van der Waals surface area contributed by atoms with Gasteiger partial charge in [0.15, 0.2) is 0 Å². The van der Waals surface area contributed by atoms with Crippen LogP contribution < -0.4 is 0 Å². The minimum Gasteiger partial charge on any atom is -0.413 e. The van der Waals surface area contributed by atoms with Gasteiger partial charge >= 0.3 is 0 Å². The Morgan fingerprint density at radius 2 is 1.80 bits per heavy atom. The molecule has 0 N–H and O–H groups in total. The minimum atomic E-state index is -1.71. The van der Waals surface area contributed by atoms with E-state index in [1.165, 1.54) is 0 Å². The first-order valence-electron chi connectivity index (χ1n) is 5.92. The Kier molecular flexibility index (Phi) is 5.75. The van der Waals surface area contributed by atoms with E-state index in [-0.39, 0.29) is 11.0 Å². The average Bonchev–Trinajstić information content (AvgIpc) is 2.15. The molecule has 0 aliphatic carbocycles. The Hall–Kier alpha value is 0.354. The third-order valence-electron chi connectivity index (χ3n) is 3.75. The Morgan fingerprint density at radius 1 is 1.33 bits per heavy atom. The van der Waals surface area contributed by atoms with Crippen LogP contribution in [0.5, 0.6) is 0 Å². The fourth-order valence-corrected chi connectivity index (χ4v) is 6.32. The van der Waals surface area contributed by atoms with Gasteiger partial charge in [0.1, 0.15) is 0 Å². The van der Waals surface area contributed by atoms with Crippen molar-refractivity contribution in [3.63, 3.8) is 0 Å². The van der Waals surface area contributed by atoms with E-state index in [1.807, 2.05) is 0 Å². The lowest BCUT2D eigenvalue weighted by molar-refractivity contribution is 0.101. The van der Waals surface area contributed by atoms with Crippen LogP contribution in [0.15, 0.2) is 0 Å². The number of methoxy groups -OCH3 is 1. The summed E-state index contributed by atoms with van der Waals surface area (Å²) in [6, 6.07) is 0. The molecule has 2 unspecified atom stereocenters. The molecule has 0 amide bonds. The van der Waals surface area contributed by atoms with Gasteiger partial charge in [0, 0.05) is 12.3 Å². The topological polar surface area (TPSA) is 18.5 Å². The van der Waals surface area contributed by atoms with Crippen LogP contribution in [-0.4, -0.2) is 35.2 Å². The summed E-state index contributed by atoms with van der Waals surface area (Å²) < 4.78 is 11.9. The van der Waals surface area contributed by atoms with Gasteiger partial charge < -0.3 is 9.16 Å². The van der Waals surface area contributed by atoms with Crippen LogP contribution in [0.1, 0.15) is 27.2 Å². The van der Waals surface area contributed by atoms with Crippen molar-refractivity contribution in [2.45, 2.75) is 64.3 Å². The highest BCUT2D eigenvalue weighted by Gasteiger charge is 2.39. The molecule has 0 radical (unpaired) electrons. The van der Waals surface area contributed by atoms with Crippen molar-refractivity contribution in [2.24, 2.45) is 0 Å². The predicted molar refractivity (Wildman–Crippen MR) is 72.6 cm³/mol. The molecule has 2 nitrogen and oxygen atoms in total. The summed E-state index contributed by atoms with van der Waals surface area (Å²) in [5, 5.41) is 0.127. The molecule has 0 bridgehead atoms. The van der Waals surface area contributed by atoms with Gasteiger partial charge in [-0.1, -0.05) is 20.0 Å². The summed E-state index contributed by atoms with van der Waals surface area (Å²) in [6.07, 6.45) is 1.11. The summed E-state index contributed by atoms with van der Waals surface area (Å²) in [7, 11) is -0.732. The first-order valence-corrected chi connectivity index (χ1v) is 11.8. The highest BCUT2D eigenvalue weighted by molar-refractivity contribution is 6.73. The van der Waals surface area contributed by atoms with Crippen molar-refractivity contribution in [3.8, 4) is 0 Å². The highest BCUT2D eigenvalue weighted by atomic mass is 28.4. The zero-order valence-corrected chi connectivity index (χ0v) is 13.8. The van der Waals surface area contributed by atoms with Gasteiger partial charge in [-0.15, -0.1) is 0 Å². The van der Waals surface area contributed by atoms with Crippen LogP contribution in [0, 0.1) is 0 Å². The molecule has 0 aromatic carbocycles. The summed E-state index contributed by atoms with van der Waals surface area (Å²) in [5.74, 6) is 0. The van der Waals surface area contributed by atoms with E-state index in [1.54, 1.807) is 7.11 Å². The SMILES string of the molecule is CCC(C)(O[Si](C)(C)C(C)OC)[SiH](C)C. The van der Waals surface area contributed by atoms with Crippen molar-refractivity contribution < 1.29 is 9.16 Å². The molecule has 0 fully saturated rings. The smallest absolute Gasteiger partial charge is 0.215 e. The van der Waals surface area contributed by atoms with Crippen molar-refractivity contribution >= 4 is 17.1 Å². The molecule has 2 atom stereocenters. The molecule has 4 heteroatoms. The summed E-state index contributed by atoms with van der Waals surface area (Å²) >= 11 is 0. The zero-order chi connectivity index (χ0) is 12.3. The van der Waals surface area contributed by atoms with Gasteiger partial charge in [0.2, 0.25) is 8.32 Å². The Labute approximate surface area is 98.1 Å². The number of ether oxygens (including phenoxy) is 1. The molecule has 0 saturated heterocycles. The molecule has 0 spiro atoms. The number of hydrogen-bond donors (Lipinski definition) is 0. The van der Waals surface area contributed by atoms with Gasteiger partial charge in [0.25, 0.3) is 0 Å². The van der Waals surface area contributed by atoms with Crippen LogP contribution in [0.4, 0.5) is 0 Å². The van der Waals surface area contributed by atoms with Crippen LogP contribution in [-0.2, 0) is 9.16 Å². The second-order valence-corrected chi connectivity index (χ2v) is 13.2. The van der Waals surface area contributed by atoms with Gasteiger partial charge in [-0.3, -0.25) is 0 Å². The maximum Gasteiger partial charge on any atom is 0.215 e. The summed E-state index contributed by atoms with van der Waals surface area (Å²) in [6.45, 7) is 15.9. The van der Waals surface area contributed by atoms with Gasteiger partial charge in [-0.2, -0.15) is 0 Å². The predicted octanol–water partition coefficient (Wildman–Crippen LogP) is 2.98. The molecule has 92 valence electrons. The van der Waals surface area contributed by atoms with E-state index in [0.717, 1.165) is 6.42 Å². The van der Waals surface area contributed by atoms with E-state index in [2.05, 4.69) is 47.0 Å². The maximum absolute atomic E-state index is 6.46. The molecule has 15 heavy (non-hydrogen) atoms. The normalized spacial score (nSPS) is 19.0. The zero-order valence-electron chi connectivity index (χ0n) is 11.7. The Morgan fingerprint density at radius 3 is 2.07 bits per heavy atom. The Bertz CT molecular complexity index is 195. The largest absolute Gasteiger partial charge is 0.413 e. The standard InChI is InChI=1S/C11H28O2Si2/c1-9-11(3,14(5)6)13-15(7,8)10(2)12-4/h10,14H,9H2,1-8H3. The average molecular weight is 249 g/mol. The molecular weight excluding hydrogens is 220 g/mol. The second-order valence-electron chi connectivity index (χ2n) is 5.40. The molecular formula is C11H28O2Si2. The molecule has 0 heterocycles. The van der Waals surface area contributed by atoms with Crippen LogP contribution in [0.25, 0.3) is 0 Å². The minimum absolute atomic E-state index is 0.127. The Balaban J connectivity index is 4.67. The number of hydrogen-bond acceptors (Lipinski definition) is 2.